The molecular weight excluding hydrogens is 494 g/mol. The van der Waals surface area contributed by atoms with E-state index in [4.69, 9.17) is 0 Å². The first-order valence-electron chi connectivity index (χ1n) is 19.3. The lowest BCUT2D eigenvalue weighted by Crippen LogP contribution is -2.34. The molecule has 0 bridgehead atoms. The van der Waals surface area contributed by atoms with Crippen molar-refractivity contribution in [2.75, 3.05) is 0 Å². The molecule has 1 aromatic rings. The number of pyridine rings is 1. The lowest BCUT2D eigenvalue weighted by Gasteiger charge is -2.07. The molecule has 0 spiro atoms. The fourth-order valence-corrected chi connectivity index (χ4v) is 6.42. The van der Waals surface area contributed by atoms with Gasteiger partial charge in [0.25, 0.3) is 0 Å². The summed E-state index contributed by atoms with van der Waals surface area (Å²) in [5.74, 6) is 0. The van der Waals surface area contributed by atoms with E-state index in [1.54, 1.807) is 11.1 Å². The zero-order valence-corrected chi connectivity index (χ0v) is 28.8. The average Bonchev–Trinajstić information content (AvgIpc) is 2.98. The van der Waals surface area contributed by atoms with Gasteiger partial charge in [-0.2, -0.15) is 0 Å². The summed E-state index contributed by atoms with van der Waals surface area (Å²) in [5.41, 5.74) is 3.20. The molecule has 0 saturated heterocycles. The van der Waals surface area contributed by atoms with Crippen molar-refractivity contribution in [3.8, 4) is 0 Å². The second-order valence-corrected chi connectivity index (χ2v) is 13.5. The molecule has 0 radical (unpaired) electrons. The highest BCUT2D eigenvalue weighted by atomic mass is 14.9. The average molecular weight is 571 g/mol. The Morgan fingerprint density at radius 3 is 0.927 bits per heavy atom. The zero-order chi connectivity index (χ0) is 29.5. The molecule has 0 aliphatic rings. The molecule has 0 amide bonds. The van der Waals surface area contributed by atoms with Crippen molar-refractivity contribution in [2.24, 2.45) is 0 Å². The zero-order valence-electron chi connectivity index (χ0n) is 28.8. The summed E-state index contributed by atoms with van der Waals surface area (Å²) >= 11 is 0. The molecule has 0 aliphatic heterocycles. The van der Waals surface area contributed by atoms with Crippen LogP contribution in [-0.2, 0) is 19.4 Å². The summed E-state index contributed by atoms with van der Waals surface area (Å²) in [5, 5.41) is 0. The molecule has 0 aliphatic carbocycles. The number of unbranched alkanes of at least 4 members (excludes halogenated alkanes) is 26. The Balaban J connectivity index is 2.32. The SMILES string of the molecule is CCCCCCCCCCCCCCC[n+]1cc(CCCCCCCCCC)cc(CCCCCCCCCC)c1. The molecule has 240 valence electrons. The van der Waals surface area contributed by atoms with E-state index < -0.39 is 0 Å². The van der Waals surface area contributed by atoms with Crippen LogP contribution in [0.5, 0.6) is 0 Å². The third-order valence-corrected chi connectivity index (χ3v) is 9.19. The molecule has 1 heteroatoms. The smallest absolute Gasteiger partial charge is 0.171 e. The molecule has 0 atom stereocenters. The highest BCUT2D eigenvalue weighted by Gasteiger charge is 2.09. The van der Waals surface area contributed by atoms with Crippen LogP contribution in [0.2, 0.25) is 0 Å². The Morgan fingerprint density at radius 1 is 0.341 bits per heavy atom. The van der Waals surface area contributed by atoms with Crippen molar-refractivity contribution < 1.29 is 4.57 Å². The Kier molecular flexibility index (Phi) is 28.5. The van der Waals surface area contributed by atoms with Crippen LogP contribution in [0.25, 0.3) is 0 Å². The number of hydrogen-bond acceptors (Lipinski definition) is 0. The minimum absolute atomic E-state index is 1.22. The van der Waals surface area contributed by atoms with E-state index in [-0.39, 0.29) is 0 Å². The second-order valence-electron chi connectivity index (χ2n) is 13.5. The van der Waals surface area contributed by atoms with Gasteiger partial charge < -0.3 is 0 Å². The van der Waals surface area contributed by atoms with E-state index in [9.17, 15) is 0 Å². The summed E-state index contributed by atoms with van der Waals surface area (Å²) < 4.78 is 2.57. The van der Waals surface area contributed by atoms with Gasteiger partial charge >= 0.3 is 0 Å². The second kappa shape index (κ2) is 30.6. The van der Waals surface area contributed by atoms with Crippen LogP contribution in [0.15, 0.2) is 18.5 Å². The summed E-state index contributed by atoms with van der Waals surface area (Å²) in [4.78, 5) is 0. The van der Waals surface area contributed by atoms with Crippen molar-refractivity contribution in [3.05, 3.63) is 29.6 Å². The van der Waals surface area contributed by atoms with Gasteiger partial charge in [0.2, 0.25) is 0 Å². The number of aromatic nitrogens is 1. The van der Waals surface area contributed by atoms with Gasteiger partial charge in [0.05, 0.1) is 0 Å². The molecule has 0 saturated carbocycles. The van der Waals surface area contributed by atoms with Crippen LogP contribution in [-0.4, -0.2) is 0 Å². The minimum atomic E-state index is 1.22. The number of aryl methyl sites for hydroxylation is 3. The van der Waals surface area contributed by atoms with Crippen LogP contribution < -0.4 is 4.57 Å². The molecule has 1 rings (SSSR count). The lowest BCUT2D eigenvalue weighted by molar-refractivity contribution is -0.698. The first-order valence-corrected chi connectivity index (χ1v) is 19.3. The van der Waals surface area contributed by atoms with Gasteiger partial charge in [-0.15, -0.1) is 0 Å². The first kappa shape index (κ1) is 38.2. The Bertz CT molecular complexity index is 612. The van der Waals surface area contributed by atoms with E-state index in [0.29, 0.717) is 0 Å². The maximum atomic E-state index is 2.57. The molecule has 0 unspecified atom stereocenters. The highest BCUT2D eigenvalue weighted by Crippen LogP contribution is 2.16. The molecular formula is C40H76N+. The summed E-state index contributed by atoms with van der Waals surface area (Å²) in [6.45, 7) is 8.15. The van der Waals surface area contributed by atoms with E-state index in [1.807, 2.05) is 0 Å². The van der Waals surface area contributed by atoms with E-state index in [2.05, 4.69) is 43.8 Å². The normalized spacial score (nSPS) is 11.5. The van der Waals surface area contributed by atoms with Gasteiger partial charge in [-0.3, -0.25) is 0 Å². The van der Waals surface area contributed by atoms with Crippen molar-refractivity contribution in [2.45, 2.75) is 226 Å². The van der Waals surface area contributed by atoms with E-state index in [0.717, 1.165) is 0 Å². The van der Waals surface area contributed by atoms with Gasteiger partial charge in [0, 0.05) is 17.5 Å². The molecule has 1 heterocycles. The van der Waals surface area contributed by atoms with Crippen LogP contribution in [0.1, 0.15) is 218 Å². The predicted molar refractivity (Wildman–Crippen MR) is 185 cm³/mol. The maximum Gasteiger partial charge on any atom is 0.171 e. The monoisotopic (exact) mass is 571 g/mol. The summed E-state index contributed by atoms with van der Waals surface area (Å²) in [7, 11) is 0. The van der Waals surface area contributed by atoms with Crippen LogP contribution in [0, 0.1) is 0 Å². The van der Waals surface area contributed by atoms with Gasteiger partial charge in [0.1, 0.15) is 6.54 Å². The van der Waals surface area contributed by atoms with Gasteiger partial charge in [0.15, 0.2) is 12.4 Å². The standard InChI is InChI=1S/C40H76N/c1-4-7-10-13-16-19-20-21-22-23-26-29-32-35-41-37-39(33-30-27-24-17-14-11-8-5-2)36-40(38-41)34-31-28-25-18-15-12-9-6-3/h36-38H,4-35H2,1-3H3/q+1. The maximum absolute atomic E-state index is 2.57. The van der Waals surface area contributed by atoms with Gasteiger partial charge in [-0.25, -0.2) is 4.57 Å². The van der Waals surface area contributed by atoms with Crippen molar-refractivity contribution >= 4 is 0 Å². The van der Waals surface area contributed by atoms with Gasteiger partial charge in [-0.1, -0.05) is 181 Å². The number of nitrogens with zero attached hydrogens (tertiary/aromatic N) is 1. The highest BCUT2D eigenvalue weighted by molar-refractivity contribution is 5.15. The minimum Gasteiger partial charge on any atom is -0.205 e. The largest absolute Gasteiger partial charge is 0.205 e. The number of rotatable bonds is 32. The molecule has 1 nitrogen and oxygen atoms in total. The molecule has 0 fully saturated rings. The van der Waals surface area contributed by atoms with E-state index in [1.165, 1.54) is 206 Å². The Hall–Kier alpha value is -0.850. The first-order chi connectivity index (χ1) is 20.3. The third-order valence-electron chi connectivity index (χ3n) is 9.19. The lowest BCUT2D eigenvalue weighted by atomic mass is 10.0. The molecule has 1 aromatic heterocycles. The third kappa shape index (κ3) is 25.4. The van der Waals surface area contributed by atoms with Crippen LogP contribution in [0.4, 0.5) is 0 Å². The van der Waals surface area contributed by atoms with Crippen molar-refractivity contribution in [1.29, 1.82) is 0 Å². The molecule has 0 N–H and O–H groups in total. The fraction of sp³-hybridized carbons (Fsp3) is 0.875. The Labute approximate surface area is 260 Å². The predicted octanol–water partition coefficient (Wildman–Crippen LogP) is 13.4. The summed E-state index contributed by atoms with van der Waals surface area (Å²) in [6, 6.07) is 2.56. The topological polar surface area (TPSA) is 3.88 Å². The fourth-order valence-electron chi connectivity index (χ4n) is 6.42. The molecule has 0 aromatic carbocycles. The molecule has 41 heavy (non-hydrogen) atoms. The van der Waals surface area contributed by atoms with Gasteiger partial charge in [-0.05, 0) is 38.2 Å². The van der Waals surface area contributed by atoms with Crippen molar-refractivity contribution in [3.63, 3.8) is 0 Å². The van der Waals surface area contributed by atoms with E-state index >= 15 is 0 Å². The quantitative estimate of drug-likeness (QED) is 0.0599. The summed E-state index contributed by atoms with van der Waals surface area (Å²) in [6.07, 6.45) is 48.9. The number of hydrogen-bond donors (Lipinski definition) is 0. The Morgan fingerprint density at radius 2 is 0.610 bits per heavy atom. The van der Waals surface area contributed by atoms with Crippen LogP contribution in [0.3, 0.4) is 0 Å². The van der Waals surface area contributed by atoms with Crippen LogP contribution >= 0.6 is 0 Å². The van der Waals surface area contributed by atoms with Crippen molar-refractivity contribution in [1.82, 2.24) is 0 Å².